The van der Waals surface area contributed by atoms with E-state index in [-0.39, 0.29) is 5.41 Å². The summed E-state index contributed by atoms with van der Waals surface area (Å²) in [5.74, 6) is 1.11. The number of nitrogens with zero attached hydrogens (tertiary/aromatic N) is 2. The predicted octanol–water partition coefficient (Wildman–Crippen LogP) is 1.81. The number of methoxy groups -OCH3 is 1. The fourth-order valence-corrected chi connectivity index (χ4v) is 2.64. The van der Waals surface area contributed by atoms with Gasteiger partial charge in [0.05, 0.1) is 12.6 Å². The zero-order valence-corrected chi connectivity index (χ0v) is 11.2. The molecule has 17 heavy (non-hydrogen) atoms. The van der Waals surface area contributed by atoms with Crippen LogP contribution >= 0.6 is 0 Å². The third-order valence-electron chi connectivity index (χ3n) is 4.11. The summed E-state index contributed by atoms with van der Waals surface area (Å²) in [5.41, 5.74) is 0.221. The zero-order chi connectivity index (χ0) is 12.5. The molecule has 1 aliphatic rings. The van der Waals surface area contributed by atoms with Gasteiger partial charge in [0.15, 0.2) is 0 Å². The van der Waals surface area contributed by atoms with Crippen LogP contribution in [0.5, 0.6) is 0 Å². The Morgan fingerprint density at radius 2 is 2.35 bits per heavy atom. The number of hydrogen-bond donors (Lipinski definition) is 1. The molecule has 0 aromatic carbocycles. The second kappa shape index (κ2) is 4.78. The third-order valence-corrected chi connectivity index (χ3v) is 4.11. The average Bonchev–Trinajstić information content (AvgIpc) is 2.75. The van der Waals surface area contributed by atoms with E-state index in [2.05, 4.69) is 35.6 Å². The summed E-state index contributed by atoms with van der Waals surface area (Å²) in [5, 5.41) is 3.59. The van der Waals surface area contributed by atoms with Gasteiger partial charge in [-0.05, 0) is 13.3 Å². The first kappa shape index (κ1) is 12.6. The van der Waals surface area contributed by atoms with E-state index in [1.165, 1.54) is 0 Å². The monoisotopic (exact) mass is 237 g/mol. The van der Waals surface area contributed by atoms with Crippen LogP contribution in [0.1, 0.15) is 33.0 Å². The maximum Gasteiger partial charge on any atom is 0.122 e. The normalized spacial score (nSPS) is 26.8. The molecule has 0 radical (unpaired) electrons. The van der Waals surface area contributed by atoms with Crippen LogP contribution in [0.2, 0.25) is 0 Å². The summed E-state index contributed by atoms with van der Waals surface area (Å²) < 4.78 is 7.63. The number of nitrogens with one attached hydrogen (secondary N) is 1. The van der Waals surface area contributed by atoms with E-state index in [1.54, 1.807) is 7.11 Å². The lowest BCUT2D eigenvalue weighted by atomic mass is 9.64. The van der Waals surface area contributed by atoms with E-state index in [9.17, 15) is 0 Å². The van der Waals surface area contributed by atoms with Gasteiger partial charge in [-0.2, -0.15) is 0 Å². The van der Waals surface area contributed by atoms with Gasteiger partial charge in [-0.3, -0.25) is 0 Å². The Morgan fingerprint density at radius 3 is 2.94 bits per heavy atom. The molecule has 0 aliphatic heterocycles. The fraction of sp³-hybridized carbons (Fsp3) is 0.769. The summed E-state index contributed by atoms with van der Waals surface area (Å²) in [6.07, 6.45) is 5.37. The maximum atomic E-state index is 5.45. The lowest BCUT2D eigenvalue weighted by molar-refractivity contribution is -0.0980. The Labute approximate surface area is 103 Å². The molecule has 1 fully saturated rings. The number of hydrogen-bond acceptors (Lipinski definition) is 3. The van der Waals surface area contributed by atoms with E-state index in [0.29, 0.717) is 12.1 Å². The smallest absolute Gasteiger partial charge is 0.122 e. The molecule has 0 bridgehead atoms. The Bertz CT molecular complexity index is 372. The first-order valence-electron chi connectivity index (χ1n) is 6.35. The Balaban J connectivity index is 1.88. The number of imidazole rings is 1. The molecule has 4 heteroatoms. The van der Waals surface area contributed by atoms with E-state index in [1.807, 2.05) is 12.4 Å². The van der Waals surface area contributed by atoms with Crippen LogP contribution in [-0.2, 0) is 17.8 Å². The quantitative estimate of drug-likeness (QED) is 0.849. The van der Waals surface area contributed by atoms with Crippen molar-refractivity contribution in [1.29, 1.82) is 0 Å². The fourth-order valence-electron chi connectivity index (χ4n) is 2.64. The average molecular weight is 237 g/mol. The summed E-state index contributed by atoms with van der Waals surface area (Å²) >= 11 is 0. The maximum absolute atomic E-state index is 5.45. The predicted molar refractivity (Wildman–Crippen MR) is 67.7 cm³/mol. The molecule has 0 saturated heterocycles. The number of aryl methyl sites for hydroxylation is 1. The second-order valence-corrected chi connectivity index (χ2v) is 5.34. The van der Waals surface area contributed by atoms with Crippen molar-refractivity contribution in [2.45, 2.75) is 52.4 Å². The molecule has 0 spiro atoms. The molecule has 1 aromatic rings. The first-order chi connectivity index (χ1) is 8.09. The van der Waals surface area contributed by atoms with Gasteiger partial charge >= 0.3 is 0 Å². The molecule has 1 saturated carbocycles. The highest BCUT2D eigenvalue weighted by atomic mass is 16.5. The highest BCUT2D eigenvalue weighted by molar-refractivity contribution is 5.03. The standard InChI is InChI=1S/C13H23N3O/c1-5-16-7-6-14-12(16)9-15-10-8-11(17-4)13(10,2)3/h6-7,10-11,15H,5,8-9H2,1-4H3. The van der Waals surface area contributed by atoms with Gasteiger partial charge in [0, 0.05) is 37.5 Å². The molecule has 1 aliphatic carbocycles. The van der Waals surface area contributed by atoms with Crippen molar-refractivity contribution in [2.24, 2.45) is 5.41 Å². The highest BCUT2D eigenvalue weighted by Gasteiger charge is 2.48. The van der Waals surface area contributed by atoms with Crippen LogP contribution in [0, 0.1) is 5.41 Å². The molecule has 2 atom stereocenters. The largest absolute Gasteiger partial charge is 0.381 e. The number of rotatable bonds is 5. The molecule has 1 heterocycles. The van der Waals surface area contributed by atoms with Crippen molar-refractivity contribution < 1.29 is 4.74 Å². The Hall–Kier alpha value is -0.870. The molecule has 0 amide bonds. The topological polar surface area (TPSA) is 39.1 Å². The van der Waals surface area contributed by atoms with Crippen molar-refractivity contribution in [3.8, 4) is 0 Å². The minimum Gasteiger partial charge on any atom is -0.381 e. The van der Waals surface area contributed by atoms with E-state index >= 15 is 0 Å². The van der Waals surface area contributed by atoms with Gasteiger partial charge in [0.1, 0.15) is 5.82 Å². The van der Waals surface area contributed by atoms with Gasteiger partial charge in [0.2, 0.25) is 0 Å². The van der Waals surface area contributed by atoms with Gasteiger partial charge < -0.3 is 14.6 Å². The van der Waals surface area contributed by atoms with Crippen LogP contribution in [0.4, 0.5) is 0 Å². The van der Waals surface area contributed by atoms with Crippen molar-refractivity contribution in [3.05, 3.63) is 18.2 Å². The Kier molecular flexibility index (Phi) is 3.54. The summed E-state index contributed by atoms with van der Waals surface area (Å²) in [6.45, 7) is 8.47. The van der Waals surface area contributed by atoms with Crippen molar-refractivity contribution in [1.82, 2.24) is 14.9 Å². The number of ether oxygens (including phenoxy) is 1. The van der Waals surface area contributed by atoms with Crippen LogP contribution < -0.4 is 5.32 Å². The van der Waals surface area contributed by atoms with E-state index in [0.717, 1.165) is 25.3 Å². The second-order valence-electron chi connectivity index (χ2n) is 5.34. The van der Waals surface area contributed by atoms with Crippen molar-refractivity contribution >= 4 is 0 Å². The molecule has 2 unspecified atom stereocenters. The van der Waals surface area contributed by atoms with Gasteiger partial charge in [0.25, 0.3) is 0 Å². The van der Waals surface area contributed by atoms with Gasteiger partial charge in [-0.1, -0.05) is 13.8 Å². The summed E-state index contributed by atoms with van der Waals surface area (Å²) in [6, 6.07) is 0.523. The van der Waals surface area contributed by atoms with E-state index in [4.69, 9.17) is 4.74 Å². The molecule has 2 rings (SSSR count). The Morgan fingerprint density at radius 1 is 1.59 bits per heavy atom. The SMILES string of the molecule is CCn1ccnc1CNC1CC(OC)C1(C)C. The molecule has 96 valence electrons. The lowest BCUT2D eigenvalue weighted by Gasteiger charge is -2.51. The summed E-state index contributed by atoms with van der Waals surface area (Å²) in [7, 11) is 1.80. The van der Waals surface area contributed by atoms with Crippen LogP contribution in [0.15, 0.2) is 12.4 Å². The zero-order valence-electron chi connectivity index (χ0n) is 11.2. The highest BCUT2D eigenvalue weighted by Crippen LogP contribution is 2.42. The summed E-state index contributed by atoms with van der Waals surface area (Å²) in [4.78, 5) is 4.37. The molecule has 1 N–H and O–H groups in total. The molecule has 4 nitrogen and oxygen atoms in total. The van der Waals surface area contributed by atoms with Crippen LogP contribution in [0.3, 0.4) is 0 Å². The molecular weight excluding hydrogens is 214 g/mol. The minimum atomic E-state index is 0.221. The molecule has 1 aromatic heterocycles. The first-order valence-corrected chi connectivity index (χ1v) is 6.35. The lowest BCUT2D eigenvalue weighted by Crippen LogP contribution is -2.60. The van der Waals surface area contributed by atoms with Crippen LogP contribution in [0.25, 0.3) is 0 Å². The van der Waals surface area contributed by atoms with E-state index < -0.39 is 0 Å². The van der Waals surface area contributed by atoms with Crippen molar-refractivity contribution in [2.75, 3.05) is 7.11 Å². The van der Waals surface area contributed by atoms with Crippen LogP contribution in [-0.4, -0.2) is 28.8 Å². The third kappa shape index (κ3) is 2.24. The van der Waals surface area contributed by atoms with Gasteiger partial charge in [-0.25, -0.2) is 4.98 Å². The minimum absolute atomic E-state index is 0.221. The molecular formula is C13H23N3O. The van der Waals surface area contributed by atoms with Crippen molar-refractivity contribution in [3.63, 3.8) is 0 Å². The van der Waals surface area contributed by atoms with Gasteiger partial charge in [-0.15, -0.1) is 0 Å². The number of aromatic nitrogens is 2.